The smallest absolute Gasteiger partial charge is 0.367 e. The number of carbonyl (C=O) groups is 2. The van der Waals surface area contributed by atoms with E-state index in [1.54, 1.807) is 20.8 Å². The molecule has 5 nitrogen and oxygen atoms in total. The highest BCUT2D eigenvalue weighted by Crippen LogP contribution is 2.60. The lowest BCUT2D eigenvalue weighted by Crippen LogP contribution is -2.24. The van der Waals surface area contributed by atoms with Crippen LogP contribution in [0.5, 0.6) is 0 Å². The zero-order valence-corrected chi connectivity index (χ0v) is 16.4. The molecule has 1 aliphatic rings. The van der Waals surface area contributed by atoms with Crippen LogP contribution in [-0.4, -0.2) is 22.1 Å². The Morgan fingerprint density at radius 2 is 2.07 bits per heavy atom. The molecule has 1 aliphatic carbocycles. The number of terminal acetylenes is 1. The van der Waals surface area contributed by atoms with Crippen LogP contribution in [-0.2, 0) is 32.2 Å². The number of hydrogen-bond acceptors (Lipinski definition) is 4. The van der Waals surface area contributed by atoms with Crippen LogP contribution in [0.4, 0.5) is 4.39 Å². The monoisotopic (exact) mass is 375 g/mol. The van der Waals surface area contributed by atoms with Crippen molar-refractivity contribution in [3.63, 3.8) is 0 Å². The predicted octanol–water partition coefficient (Wildman–Crippen LogP) is 3.63. The van der Waals surface area contributed by atoms with E-state index in [9.17, 15) is 14.0 Å². The van der Waals surface area contributed by atoms with Gasteiger partial charge in [0.25, 0.3) is 0 Å². The van der Waals surface area contributed by atoms with Gasteiger partial charge in [0.15, 0.2) is 0 Å². The van der Waals surface area contributed by atoms with Crippen molar-refractivity contribution in [1.29, 1.82) is 0 Å². The highest BCUT2D eigenvalue weighted by Gasteiger charge is 2.62. The molecule has 1 aromatic rings. The first-order valence-corrected chi connectivity index (χ1v) is 8.81. The fourth-order valence-electron chi connectivity index (χ4n) is 3.02. The summed E-state index contributed by atoms with van der Waals surface area (Å²) in [5, 5.41) is 0. The molecule has 0 amide bonds. The van der Waals surface area contributed by atoms with E-state index in [4.69, 9.17) is 15.9 Å². The number of allylic oxidation sites excluding steroid dienone is 1. The van der Waals surface area contributed by atoms with E-state index in [0.29, 0.717) is 6.54 Å². The number of ether oxygens (including phenoxy) is 2. The molecule has 0 radical (unpaired) electrons. The van der Waals surface area contributed by atoms with Crippen molar-refractivity contribution in [2.24, 2.45) is 17.3 Å². The maximum absolute atomic E-state index is 14.1. The van der Waals surface area contributed by atoms with Gasteiger partial charge in [-0.1, -0.05) is 19.8 Å². The first kappa shape index (κ1) is 20.8. The highest BCUT2D eigenvalue weighted by molar-refractivity contribution is 5.87. The van der Waals surface area contributed by atoms with Crippen molar-refractivity contribution in [2.75, 3.05) is 0 Å². The molecule has 0 spiro atoms. The van der Waals surface area contributed by atoms with Gasteiger partial charge in [-0.05, 0) is 44.2 Å². The lowest BCUT2D eigenvalue weighted by Gasteiger charge is -2.18. The van der Waals surface area contributed by atoms with Gasteiger partial charge in [-0.2, -0.15) is 4.39 Å². The first-order chi connectivity index (χ1) is 12.5. The van der Waals surface area contributed by atoms with Crippen molar-refractivity contribution in [3.8, 4) is 12.3 Å². The second-order valence-electron chi connectivity index (χ2n) is 8.35. The average Bonchev–Trinajstić information content (AvgIpc) is 2.88. The molecule has 27 heavy (non-hydrogen) atoms. The summed E-state index contributed by atoms with van der Waals surface area (Å²) in [7, 11) is 0. The Labute approximate surface area is 159 Å². The number of halogens is 1. The lowest BCUT2D eigenvalue weighted by atomic mass is 10.1. The summed E-state index contributed by atoms with van der Waals surface area (Å²) in [6.07, 6.45) is 10.0. The van der Waals surface area contributed by atoms with E-state index < -0.39 is 40.6 Å². The van der Waals surface area contributed by atoms with Crippen LogP contribution in [0, 0.1) is 29.6 Å². The Morgan fingerprint density at radius 3 is 2.67 bits per heavy atom. The summed E-state index contributed by atoms with van der Waals surface area (Å²) in [5.41, 5.74) is -0.439. The minimum absolute atomic E-state index is 0.119. The molecule has 2 rings (SSSR count). The fraction of sp³-hybridized carbons (Fsp3) is 0.524. The predicted molar refractivity (Wildman–Crippen MR) is 98.9 cm³/mol. The maximum atomic E-state index is 14.1. The Balaban J connectivity index is 1.95. The molecular weight excluding hydrogens is 349 g/mol. The van der Waals surface area contributed by atoms with Gasteiger partial charge >= 0.3 is 11.9 Å². The maximum Gasteiger partial charge on any atom is 0.367 e. The largest absolute Gasteiger partial charge is 0.461 e. The van der Waals surface area contributed by atoms with Crippen LogP contribution in [0.15, 0.2) is 30.4 Å². The lowest BCUT2D eigenvalue weighted by molar-refractivity contribution is -0.152. The summed E-state index contributed by atoms with van der Waals surface area (Å²) >= 11 is 0. The van der Waals surface area contributed by atoms with Crippen LogP contribution in [0.3, 0.4) is 0 Å². The third-order valence-electron chi connectivity index (χ3n) is 4.55. The van der Waals surface area contributed by atoms with Crippen molar-refractivity contribution in [3.05, 3.63) is 35.9 Å². The van der Waals surface area contributed by atoms with Gasteiger partial charge in [0.2, 0.25) is 5.83 Å². The Kier molecular flexibility index (Phi) is 5.84. The number of rotatable bonds is 6. The van der Waals surface area contributed by atoms with Gasteiger partial charge in [0, 0.05) is 18.0 Å². The van der Waals surface area contributed by atoms with E-state index in [-0.39, 0.29) is 6.61 Å². The van der Waals surface area contributed by atoms with E-state index in [0.717, 1.165) is 5.56 Å². The number of aromatic nitrogens is 1. The Hall–Kier alpha value is -2.55. The van der Waals surface area contributed by atoms with Gasteiger partial charge in [-0.15, -0.1) is 6.42 Å². The van der Waals surface area contributed by atoms with Crippen LogP contribution in [0.2, 0.25) is 0 Å². The summed E-state index contributed by atoms with van der Waals surface area (Å²) in [6, 6.07) is 1.82. The molecule has 0 aromatic carbocycles. The number of hydrogen-bond donors (Lipinski definition) is 0. The Morgan fingerprint density at radius 1 is 1.41 bits per heavy atom. The van der Waals surface area contributed by atoms with E-state index in [2.05, 4.69) is 5.92 Å². The molecule has 1 fully saturated rings. The second kappa shape index (κ2) is 7.59. The topological polar surface area (TPSA) is 57.5 Å². The third-order valence-corrected chi connectivity index (χ3v) is 4.55. The van der Waals surface area contributed by atoms with Gasteiger partial charge in [0.05, 0.1) is 12.5 Å². The molecule has 0 saturated heterocycles. The first-order valence-electron chi connectivity index (χ1n) is 8.81. The van der Waals surface area contributed by atoms with E-state index >= 15 is 0 Å². The standard InChI is InChI=1S/C21H26FNO4/c1-7-9-23-10-8-14(12-23)13-26-19(25)17-15(21(17,5)6)11-16(22)18(24)27-20(2,3)4/h1,8,10-12,15,17H,9,13H2,2-6H3/t15-,17-/m0/s1. The van der Waals surface area contributed by atoms with Gasteiger partial charge < -0.3 is 14.0 Å². The molecule has 2 atom stereocenters. The van der Waals surface area contributed by atoms with E-state index in [1.807, 2.05) is 36.9 Å². The number of nitrogens with zero attached hydrogens (tertiary/aromatic N) is 1. The zero-order chi connectivity index (χ0) is 20.4. The average molecular weight is 375 g/mol. The van der Waals surface area contributed by atoms with Crippen LogP contribution in [0.25, 0.3) is 0 Å². The summed E-state index contributed by atoms with van der Waals surface area (Å²) < 4.78 is 26.3. The van der Waals surface area contributed by atoms with Gasteiger partial charge in [-0.25, -0.2) is 4.79 Å². The quantitative estimate of drug-likeness (QED) is 0.433. The molecule has 0 unspecified atom stereocenters. The normalized spacial score (nSPS) is 21.3. The van der Waals surface area contributed by atoms with Crippen LogP contribution < -0.4 is 0 Å². The molecule has 1 heterocycles. The van der Waals surface area contributed by atoms with Gasteiger partial charge in [-0.3, -0.25) is 4.79 Å². The highest BCUT2D eigenvalue weighted by atomic mass is 19.1. The summed E-state index contributed by atoms with van der Waals surface area (Å²) in [4.78, 5) is 24.2. The molecule has 6 heteroatoms. The van der Waals surface area contributed by atoms with Crippen LogP contribution in [0.1, 0.15) is 40.2 Å². The fourth-order valence-corrected chi connectivity index (χ4v) is 3.02. The zero-order valence-electron chi connectivity index (χ0n) is 16.4. The van der Waals surface area contributed by atoms with Crippen LogP contribution >= 0.6 is 0 Å². The second-order valence-corrected chi connectivity index (χ2v) is 8.35. The number of esters is 2. The van der Waals surface area contributed by atoms with Crippen molar-refractivity contribution in [1.82, 2.24) is 4.57 Å². The minimum Gasteiger partial charge on any atom is -0.461 e. The minimum atomic E-state index is -1.02. The summed E-state index contributed by atoms with van der Waals surface area (Å²) in [5.74, 6) is -0.808. The van der Waals surface area contributed by atoms with Crippen molar-refractivity contribution < 1.29 is 23.5 Å². The summed E-state index contributed by atoms with van der Waals surface area (Å²) in [6.45, 7) is 9.23. The molecule has 0 bridgehead atoms. The SMILES string of the molecule is C#CCn1ccc(COC(=O)[C@@H]2[C@H](C=C(F)C(=O)OC(C)(C)C)C2(C)C)c1. The molecule has 0 aliphatic heterocycles. The Bertz CT molecular complexity index is 792. The van der Waals surface area contributed by atoms with Crippen molar-refractivity contribution >= 4 is 11.9 Å². The molecule has 146 valence electrons. The van der Waals surface area contributed by atoms with Crippen molar-refractivity contribution in [2.45, 2.75) is 53.4 Å². The molecule has 0 N–H and O–H groups in total. The number of carbonyl (C=O) groups excluding carboxylic acids is 2. The molecule has 1 aromatic heterocycles. The van der Waals surface area contributed by atoms with E-state index in [1.165, 1.54) is 6.08 Å². The van der Waals surface area contributed by atoms with Gasteiger partial charge in [0.1, 0.15) is 12.2 Å². The molecular formula is C21H26FNO4. The molecule has 1 saturated carbocycles. The third kappa shape index (κ3) is 5.22.